The number of carbonyl (C=O) groups excluding carboxylic acids is 7. The summed E-state index contributed by atoms with van der Waals surface area (Å²) < 4.78 is 0. The molecule has 396 valence electrons. The third-order valence-corrected chi connectivity index (χ3v) is 11.4. The Balaban J connectivity index is 2.34. The third kappa shape index (κ3) is 21.7. The fraction of sp³-hybridized carbons (Fsp3) is 0.521. The summed E-state index contributed by atoms with van der Waals surface area (Å²) in [6.07, 6.45) is -5.01. The van der Waals surface area contributed by atoms with Crippen molar-refractivity contribution >= 4 is 65.2 Å². The average molecular weight is 1010 g/mol. The molecule has 0 aromatic heterocycles. The quantitative estimate of drug-likeness (QED) is 0.0416. The summed E-state index contributed by atoms with van der Waals surface area (Å²) in [4.78, 5) is 141. The molecule has 0 saturated carbocycles. The molecule has 0 saturated heterocycles. The lowest BCUT2D eigenvalue weighted by molar-refractivity contribution is -0.143. The first-order chi connectivity index (χ1) is 33.8. The fourth-order valence-electron chi connectivity index (χ4n) is 7.09. The van der Waals surface area contributed by atoms with E-state index in [1.807, 2.05) is 0 Å². The number of nitrogens with one attached hydrogen (secondary N) is 7. The lowest BCUT2D eigenvalue weighted by Gasteiger charge is -2.30. The molecular formula is C48H68N8O16. The smallest absolute Gasteiger partial charge is 0.326 e. The summed E-state index contributed by atoms with van der Waals surface area (Å²) in [5.74, 6) is -13.5. The minimum Gasteiger partial charge on any atom is -0.481 e. The second-order valence-corrected chi connectivity index (χ2v) is 17.8. The molecule has 2 rings (SSSR count). The summed E-state index contributed by atoms with van der Waals surface area (Å²) >= 11 is 0. The van der Waals surface area contributed by atoms with E-state index in [1.54, 1.807) is 88.4 Å². The van der Waals surface area contributed by atoms with Crippen molar-refractivity contribution in [1.29, 1.82) is 0 Å². The fourth-order valence-corrected chi connectivity index (χ4v) is 7.09. The van der Waals surface area contributed by atoms with Gasteiger partial charge in [-0.2, -0.15) is 0 Å². The van der Waals surface area contributed by atoms with E-state index in [2.05, 4.69) is 37.2 Å². The Bertz CT molecular complexity index is 2200. The first-order valence-corrected chi connectivity index (χ1v) is 23.3. The highest BCUT2D eigenvalue weighted by Crippen LogP contribution is 2.14. The van der Waals surface area contributed by atoms with Gasteiger partial charge in [-0.3, -0.25) is 47.9 Å². The third-order valence-electron chi connectivity index (χ3n) is 11.4. The molecule has 0 fully saturated rings. The largest absolute Gasteiger partial charge is 0.481 e. The molecule has 0 aliphatic heterocycles. The highest BCUT2D eigenvalue weighted by Gasteiger charge is 2.37. The van der Waals surface area contributed by atoms with E-state index in [-0.39, 0.29) is 31.6 Å². The SMILES string of the molecule is CC[C@@H](C)[C@H](NC(=O)[C@@H](N)CCC(=O)O)C(=O)N[C@@H](CC(C)C)C(=O)N[C@@H](Cc1ccccc1)[C@@H](O)C(=O)N[C@@H](CC(=O)O)C(=O)N[C@@H](C)C(=O)N[C@@H](CCC(=O)O)C(=O)N[C@@H](Cc1ccccc1)C(=O)O. The molecule has 0 heterocycles. The molecule has 0 aliphatic carbocycles. The van der Waals surface area contributed by atoms with Crippen LogP contribution in [-0.4, -0.2) is 145 Å². The van der Waals surface area contributed by atoms with Gasteiger partial charge in [0.05, 0.1) is 18.5 Å². The van der Waals surface area contributed by atoms with Crippen LogP contribution < -0.4 is 43.0 Å². The maximum absolute atomic E-state index is 14.1. The standard InChI is InChI=1S/C48H68N8O16/c1-6-26(4)39(56-42(65)30(49)17-19-36(57)58)46(69)53-33(21-25(2)3)45(68)52-32(22-28-13-9-7-10-14-28)40(63)47(70)54-34(24-38(61)62)44(67)50-27(5)41(64)51-31(18-20-37(59)60)43(66)55-35(48(71)72)23-29-15-11-8-12-16-29/h7-16,25-27,30-35,39-40,63H,6,17-24,49H2,1-5H3,(H,50,67)(H,51,64)(H,52,68)(H,53,69)(H,54,70)(H,55,66)(H,56,65)(H,57,58)(H,59,60)(H,61,62)(H,71,72)/t26-,27+,30+,31+,32+,33+,34+,35+,39+,40-/m1/s1. The minimum atomic E-state index is -2.20. The highest BCUT2D eigenvalue weighted by molar-refractivity contribution is 5.97. The molecule has 2 aromatic rings. The van der Waals surface area contributed by atoms with Crippen LogP contribution in [0.1, 0.15) is 90.7 Å². The van der Waals surface area contributed by atoms with E-state index in [0.29, 0.717) is 17.5 Å². The van der Waals surface area contributed by atoms with Gasteiger partial charge in [-0.1, -0.05) is 94.8 Å². The van der Waals surface area contributed by atoms with Gasteiger partial charge in [0.2, 0.25) is 35.4 Å². The van der Waals surface area contributed by atoms with Gasteiger partial charge in [-0.05, 0) is 55.6 Å². The summed E-state index contributed by atoms with van der Waals surface area (Å²) in [5.41, 5.74) is 6.94. The molecular weight excluding hydrogens is 945 g/mol. The van der Waals surface area contributed by atoms with Crippen LogP contribution in [0.2, 0.25) is 0 Å². The Morgan fingerprint density at radius 3 is 1.51 bits per heavy atom. The van der Waals surface area contributed by atoms with Gasteiger partial charge >= 0.3 is 23.9 Å². The van der Waals surface area contributed by atoms with E-state index in [4.69, 9.17) is 10.8 Å². The molecule has 0 aliphatic rings. The van der Waals surface area contributed by atoms with Crippen molar-refractivity contribution in [2.75, 3.05) is 0 Å². The molecule has 24 nitrogen and oxygen atoms in total. The summed E-state index contributed by atoms with van der Waals surface area (Å²) in [7, 11) is 0. The van der Waals surface area contributed by atoms with Crippen LogP contribution in [0.25, 0.3) is 0 Å². The first-order valence-electron chi connectivity index (χ1n) is 23.3. The summed E-state index contributed by atoms with van der Waals surface area (Å²) in [6.45, 7) is 8.05. The summed E-state index contributed by atoms with van der Waals surface area (Å²) in [5, 5.41) is 66.0. The Labute approximate surface area is 416 Å². The lowest BCUT2D eigenvalue weighted by Crippen LogP contribution is -2.61. The van der Waals surface area contributed by atoms with Crippen LogP contribution in [0, 0.1) is 11.8 Å². The molecule has 0 unspecified atom stereocenters. The van der Waals surface area contributed by atoms with Gasteiger partial charge < -0.3 is 68.5 Å². The van der Waals surface area contributed by atoms with Crippen LogP contribution >= 0.6 is 0 Å². The van der Waals surface area contributed by atoms with Crippen LogP contribution in [0.3, 0.4) is 0 Å². The zero-order valence-electron chi connectivity index (χ0n) is 40.8. The van der Waals surface area contributed by atoms with Crippen LogP contribution in [0.4, 0.5) is 0 Å². The van der Waals surface area contributed by atoms with E-state index in [0.717, 1.165) is 6.92 Å². The molecule has 0 bridgehead atoms. The van der Waals surface area contributed by atoms with Crippen LogP contribution in [0.5, 0.6) is 0 Å². The number of benzene rings is 2. The molecule has 72 heavy (non-hydrogen) atoms. The highest BCUT2D eigenvalue weighted by atomic mass is 16.4. The molecule has 7 amide bonds. The summed E-state index contributed by atoms with van der Waals surface area (Å²) in [6, 6.07) is 4.50. The topological polar surface area (TPSA) is 399 Å². The van der Waals surface area contributed by atoms with E-state index in [1.165, 1.54) is 0 Å². The van der Waals surface area contributed by atoms with Crippen molar-refractivity contribution in [3.8, 4) is 0 Å². The number of carboxylic acids is 4. The molecule has 10 atom stereocenters. The molecule has 0 radical (unpaired) electrons. The predicted octanol–water partition coefficient (Wildman–Crippen LogP) is -1.05. The van der Waals surface area contributed by atoms with Crippen molar-refractivity contribution in [3.63, 3.8) is 0 Å². The van der Waals surface area contributed by atoms with Gasteiger partial charge in [-0.25, -0.2) is 4.79 Å². The number of hydrogen-bond donors (Lipinski definition) is 13. The molecule has 2 aromatic carbocycles. The number of aliphatic hydroxyl groups is 1. The number of aliphatic carboxylic acids is 4. The van der Waals surface area contributed by atoms with E-state index >= 15 is 0 Å². The van der Waals surface area contributed by atoms with Gasteiger partial charge in [0.15, 0.2) is 6.10 Å². The zero-order valence-corrected chi connectivity index (χ0v) is 40.8. The predicted molar refractivity (Wildman–Crippen MR) is 256 cm³/mol. The Morgan fingerprint density at radius 1 is 0.514 bits per heavy atom. The van der Waals surface area contributed by atoms with Crippen molar-refractivity contribution in [1.82, 2.24) is 37.2 Å². The van der Waals surface area contributed by atoms with Gasteiger partial charge in [0, 0.05) is 19.3 Å². The maximum Gasteiger partial charge on any atom is 0.326 e. The van der Waals surface area contributed by atoms with Gasteiger partial charge in [-0.15, -0.1) is 0 Å². The number of carboxylic acid groups (broad SMARTS) is 4. The van der Waals surface area contributed by atoms with Crippen molar-refractivity contribution in [3.05, 3.63) is 71.8 Å². The Hall–Kier alpha value is -7.47. The van der Waals surface area contributed by atoms with Gasteiger partial charge in [0.1, 0.15) is 36.3 Å². The number of aliphatic hydroxyl groups excluding tert-OH is 1. The second kappa shape index (κ2) is 30.3. The Morgan fingerprint density at radius 2 is 1.00 bits per heavy atom. The second-order valence-electron chi connectivity index (χ2n) is 17.8. The molecule has 24 heteroatoms. The molecule has 14 N–H and O–H groups in total. The minimum absolute atomic E-state index is 0.0198. The normalized spacial score (nSPS) is 15.2. The van der Waals surface area contributed by atoms with E-state index in [9.17, 15) is 73.2 Å². The average Bonchev–Trinajstić information content (AvgIpc) is 3.32. The van der Waals surface area contributed by atoms with Crippen LogP contribution in [0.15, 0.2) is 60.7 Å². The van der Waals surface area contributed by atoms with Crippen LogP contribution in [-0.2, 0) is 65.6 Å². The number of hydrogen-bond acceptors (Lipinski definition) is 13. The number of nitrogens with two attached hydrogens (primary N) is 1. The Kier molecular flexibility index (Phi) is 25.5. The first kappa shape index (κ1) is 60.7. The molecule has 0 spiro atoms. The lowest BCUT2D eigenvalue weighted by atomic mass is 9.95. The van der Waals surface area contributed by atoms with Crippen molar-refractivity contribution in [2.45, 2.75) is 147 Å². The van der Waals surface area contributed by atoms with Crippen molar-refractivity contribution < 1.29 is 78.3 Å². The van der Waals surface area contributed by atoms with E-state index < -0.39 is 151 Å². The maximum atomic E-state index is 14.1. The number of rotatable bonds is 32. The number of amides is 7. The monoisotopic (exact) mass is 1010 g/mol. The van der Waals surface area contributed by atoms with Gasteiger partial charge in [0.25, 0.3) is 5.91 Å². The zero-order chi connectivity index (χ0) is 54.2. The van der Waals surface area contributed by atoms with Crippen molar-refractivity contribution in [2.24, 2.45) is 17.6 Å². The number of carbonyl (C=O) groups is 11.